The molecular weight excluding hydrogens is 224 g/mol. The molecule has 0 aliphatic carbocycles. The summed E-state index contributed by atoms with van der Waals surface area (Å²) < 4.78 is 0. The van der Waals surface area contributed by atoms with Gasteiger partial charge in [0.1, 0.15) is 0 Å². The van der Waals surface area contributed by atoms with Crippen LogP contribution in [0.3, 0.4) is 0 Å². The molecule has 0 bridgehead atoms. The van der Waals surface area contributed by atoms with Gasteiger partial charge in [0, 0.05) is 0 Å². The van der Waals surface area contributed by atoms with E-state index < -0.39 is 0 Å². The van der Waals surface area contributed by atoms with E-state index in [1.165, 1.54) is 25.7 Å². The van der Waals surface area contributed by atoms with Crippen molar-refractivity contribution in [3.63, 3.8) is 0 Å². The third-order valence-electron chi connectivity index (χ3n) is 3.18. The van der Waals surface area contributed by atoms with Gasteiger partial charge in [0.2, 0.25) is 0 Å². The Morgan fingerprint density at radius 1 is 0.722 bits per heavy atom. The van der Waals surface area contributed by atoms with Crippen LogP contribution in [-0.4, -0.2) is 49.1 Å². The normalized spacial score (nSPS) is 10.6. The molecule has 102 valence electrons. The Bertz CT molecular complexity index is 236. The second-order valence-corrected chi connectivity index (χ2v) is 4.47. The lowest BCUT2D eigenvalue weighted by molar-refractivity contribution is 0.299. The van der Waals surface area contributed by atoms with Crippen molar-refractivity contribution in [2.45, 2.75) is 39.5 Å². The molecule has 18 heavy (non-hydrogen) atoms. The Morgan fingerprint density at radius 3 is 1.39 bits per heavy atom. The summed E-state index contributed by atoms with van der Waals surface area (Å²) in [5.41, 5.74) is 0. The van der Waals surface area contributed by atoms with Gasteiger partial charge in [0.05, 0.1) is 25.2 Å². The zero-order chi connectivity index (χ0) is 13.6. The van der Waals surface area contributed by atoms with Crippen molar-refractivity contribution in [2.24, 2.45) is 0 Å². The van der Waals surface area contributed by atoms with Crippen LogP contribution in [-0.2, 0) is 0 Å². The van der Waals surface area contributed by atoms with Crippen LogP contribution in [0.5, 0.6) is 0 Å². The van der Waals surface area contributed by atoms with Crippen LogP contribution in [0.2, 0.25) is 0 Å². The van der Waals surface area contributed by atoms with E-state index in [-0.39, 0.29) is 0 Å². The topological polar surface area (TPSA) is 54.1 Å². The highest BCUT2D eigenvalue weighted by Gasteiger charge is 2.02. The van der Waals surface area contributed by atoms with Crippen molar-refractivity contribution in [1.29, 1.82) is 10.5 Å². The van der Waals surface area contributed by atoms with Crippen LogP contribution >= 0.6 is 0 Å². The fourth-order valence-corrected chi connectivity index (χ4v) is 1.92. The Morgan fingerprint density at radius 2 is 1.11 bits per heavy atom. The molecule has 0 radical (unpaired) electrons. The van der Waals surface area contributed by atoms with E-state index in [4.69, 9.17) is 10.5 Å². The van der Waals surface area contributed by atoms with E-state index in [1.807, 2.05) is 0 Å². The van der Waals surface area contributed by atoms with Crippen molar-refractivity contribution in [1.82, 2.24) is 9.80 Å². The molecule has 0 N–H and O–H groups in total. The lowest BCUT2D eigenvalue weighted by atomic mass is 10.2. The molecule has 0 saturated carbocycles. The first-order chi connectivity index (χ1) is 8.78. The molecule has 0 fully saturated rings. The smallest absolute Gasteiger partial charge is 0.0865 e. The third kappa shape index (κ3) is 8.98. The molecule has 4 heteroatoms. The van der Waals surface area contributed by atoms with Crippen LogP contribution < -0.4 is 0 Å². The summed E-state index contributed by atoms with van der Waals surface area (Å²) in [6.45, 7) is 9.25. The number of rotatable bonds is 11. The summed E-state index contributed by atoms with van der Waals surface area (Å²) in [7, 11) is 0. The van der Waals surface area contributed by atoms with E-state index in [0.717, 1.165) is 26.2 Å². The Labute approximate surface area is 112 Å². The summed E-state index contributed by atoms with van der Waals surface area (Å²) in [5, 5.41) is 17.2. The molecule has 0 amide bonds. The summed E-state index contributed by atoms with van der Waals surface area (Å²) in [6.07, 6.45) is 4.76. The first-order valence-corrected chi connectivity index (χ1v) is 6.97. The van der Waals surface area contributed by atoms with Crippen LogP contribution in [0.4, 0.5) is 0 Å². The minimum Gasteiger partial charge on any atom is -0.291 e. The number of unbranched alkanes of at least 4 members (excludes halogenated alkanes) is 3. The van der Waals surface area contributed by atoms with Gasteiger partial charge in [-0.05, 0) is 39.0 Å². The van der Waals surface area contributed by atoms with Gasteiger partial charge in [0.25, 0.3) is 0 Å². The SMILES string of the molecule is CCN(CC#N)CCCCCCN(CC)CC#N. The quantitative estimate of drug-likeness (QED) is 0.417. The lowest BCUT2D eigenvalue weighted by Crippen LogP contribution is -2.25. The molecule has 0 atom stereocenters. The first-order valence-electron chi connectivity index (χ1n) is 6.97. The Kier molecular flexibility index (Phi) is 11.6. The van der Waals surface area contributed by atoms with E-state index in [1.54, 1.807) is 0 Å². The molecule has 0 saturated heterocycles. The van der Waals surface area contributed by atoms with Gasteiger partial charge in [-0.15, -0.1) is 0 Å². The molecule has 0 aromatic carbocycles. The number of hydrogen-bond donors (Lipinski definition) is 0. The van der Waals surface area contributed by atoms with Crippen LogP contribution in [0.15, 0.2) is 0 Å². The van der Waals surface area contributed by atoms with Gasteiger partial charge in [0.15, 0.2) is 0 Å². The minimum atomic E-state index is 0.544. The first kappa shape index (κ1) is 16.9. The molecule has 0 unspecified atom stereocenters. The number of nitrogens with zero attached hydrogens (tertiary/aromatic N) is 4. The molecule has 0 spiro atoms. The standard InChI is InChI=1S/C14H26N4/c1-3-17(13-9-15)11-7-5-6-8-12-18(4-2)14-10-16/h3-8,11-14H2,1-2H3. The van der Waals surface area contributed by atoms with Crippen molar-refractivity contribution in [2.75, 3.05) is 39.3 Å². The summed E-state index contributed by atoms with van der Waals surface area (Å²) in [5.74, 6) is 0. The molecule has 4 nitrogen and oxygen atoms in total. The molecule has 0 heterocycles. The maximum Gasteiger partial charge on any atom is 0.0865 e. The monoisotopic (exact) mass is 250 g/mol. The molecule has 0 aromatic rings. The largest absolute Gasteiger partial charge is 0.291 e. The van der Waals surface area contributed by atoms with Gasteiger partial charge in [-0.25, -0.2) is 0 Å². The van der Waals surface area contributed by atoms with Gasteiger partial charge < -0.3 is 0 Å². The fraction of sp³-hybridized carbons (Fsp3) is 0.857. The average molecular weight is 250 g/mol. The highest BCUT2D eigenvalue weighted by Crippen LogP contribution is 2.03. The zero-order valence-electron chi connectivity index (χ0n) is 11.9. The van der Waals surface area contributed by atoms with Crippen LogP contribution in [0, 0.1) is 22.7 Å². The van der Waals surface area contributed by atoms with E-state index in [9.17, 15) is 0 Å². The Balaban J connectivity index is 3.45. The fourth-order valence-electron chi connectivity index (χ4n) is 1.92. The second-order valence-electron chi connectivity index (χ2n) is 4.47. The van der Waals surface area contributed by atoms with E-state index in [2.05, 4.69) is 35.8 Å². The van der Waals surface area contributed by atoms with Gasteiger partial charge in [-0.3, -0.25) is 9.80 Å². The van der Waals surface area contributed by atoms with Crippen molar-refractivity contribution in [3.8, 4) is 12.1 Å². The summed E-state index contributed by atoms with van der Waals surface area (Å²) >= 11 is 0. The number of nitriles is 2. The van der Waals surface area contributed by atoms with Crippen molar-refractivity contribution < 1.29 is 0 Å². The summed E-state index contributed by atoms with van der Waals surface area (Å²) in [4.78, 5) is 4.35. The Hall–Kier alpha value is -1.10. The average Bonchev–Trinajstić information content (AvgIpc) is 2.39. The predicted molar refractivity (Wildman–Crippen MR) is 73.9 cm³/mol. The minimum absolute atomic E-state index is 0.544. The second kappa shape index (κ2) is 12.4. The van der Waals surface area contributed by atoms with Crippen molar-refractivity contribution in [3.05, 3.63) is 0 Å². The van der Waals surface area contributed by atoms with E-state index >= 15 is 0 Å². The predicted octanol–water partition coefficient (Wildman–Crippen LogP) is 2.24. The molecular formula is C14H26N4. The highest BCUT2D eigenvalue weighted by atomic mass is 15.1. The van der Waals surface area contributed by atoms with Gasteiger partial charge in [-0.1, -0.05) is 26.7 Å². The summed E-state index contributed by atoms with van der Waals surface area (Å²) in [6, 6.07) is 4.39. The number of hydrogen-bond acceptors (Lipinski definition) is 4. The lowest BCUT2D eigenvalue weighted by Gasteiger charge is -2.17. The molecule has 0 aliphatic rings. The van der Waals surface area contributed by atoms with Crippen LogP contribution in [0.25, 0.3) is 0 Å². The van der Waals surface area contributed by atoms with Crippen LogP contribution in [0.1, 0.15) is 39.5 Å². The van der Waals surface area contributed by atoms with Gasteiger partial charge in [-0.2, -0.15) is 10.5 Å². The zero-order valence-corrected chi connectivity index (χ0v) is 11.9. The molecule has 0 rings (SSSR count). The molecule has 0 aliphatic heterocycles. The third-order valence-corrected chi connectivity index (χ3v) is 3.18. The maximum absolute atomic E-state index is 8.62. The van der Waals surface area contributed by atoms with Crippen molar-refractivity contribution >= 4 is 0 Å². The van der Waals surface area contributed by atoms with E-state index in [0.29, 0.717) is 13.1 Å². The highest BCUT2D eigenvalue weighted by molar-refractivity contribution is 4.76. The molecule has 0 aromatic heterocycles. The van der Waals surface area contributed by atoms with Gasteiger partial charge >= 0.3 is 0 Å². The maximum atomic E-state index is 8.62.